The van der Waals surface area contributed by atoms with Crippen LogP contribution in [0, 0.1) is 0 Å². The second kappa shape index (κ2) is 6.95. The van der Waals surface area contributed by atoms with Crippen LogP contribution < -0.4 is 0 Å². The Bertz CT molecular complexity index is 333. The summed E-state index contributed by atoms with van der Waals surface area (Å²) >= 11 is 0. The Morgan fingerprint density at radius 1 is 0.900 bits per heavy atom. The van der Waals surface area contributed by atoms with Gasteiger partial charge in [0.2, 0.25) is 0 Å². The SMILES string of the molecule is OCC1CC=CC(C[C@H]2O[C@H](CO)[C@@H](O)[C@H](O)[C@H]2O)O1. The van der Waals surface area contributed by atoms with Gasteiger partial charge >= 0.3 is 0 Å². The van der Waals surface area contributed by atoms with Gasteiger partial charge < -0.3 is 35.0 Å². The molecule has 0 bridgehead atoms. The molecule has 2 aliphatic rings. The topological polar surface area (TPSA) is 120 Å². The fraction of sp³-hybridized carbons (Fsp3) is 0.846. The maximum atomic E-state index is 9.93. The quantitative estimate of drug-likeness (QED) is 0.377. The van der Waals surface area contributed by atoms with E-state index >= 15 is 0 Å². The van der Waals surface area contributed by atoms with Gasteiger partial charge in [0.15, 0.2) is 0 Å². The third kappa shape index (κ3) is 3.37. The van der Waals surface area contributed by atoms with Crippen LogP contribution in [0.2, 0.25) is 0 Å². The molecule has 5 N–H and O–H groups in total. The smallest absolute Gasteiger partial charge is 0.111 e. The Kier molecular flexibility index (Phi) is 5.50. The number of aliphatic hydroxyl groups is 5. The van der Waals surface area contributed by atoms with Crippen molar-refractivity contribution < 1.29 is 35.0 Å². The first-order chi connectivity index (χ1) is 9.56. The molecule has 0 amide bonds. The monoisotopic (exact) mass is 290 g/mol. The molecule has 7 nitrogen and oxygen atoms in total. The third-order valence-electron chi connectivity index (χ3n) is 3.78. The van der Waals surface area contributed by atoms with E-state index in [0.717, 1.165) is 0 Å². The van der Waals surface area contributed by atoms with Crippen LogP contribution in [0.25, 0.3) is 0 Å². The average Bonchev–Trinajstić information content (AvgIpc) is 2.48. The van der Waals surface area contributed by atoms with Gasteiger partial charge in [-0.05, 0) is 6.42 Å². The summed E-state index contributed by atoms with van der Waals surface area (Å²) in [6, 6.07) is 0. The first-order valence-corrected chi connectivity index (χ1v) is 6.80. The minimum atomic E-state index is -1.37. The molecule has 20 heavy (non-hydrogen) atoms. The van der Waals surface area contributed by atoms with Gasteiger partial charge in [-0.25, -0.2) is 0 Å². The molecule has 7 heteroatoms. The molecule has 1 saturated heterocycles. The van der Waals surface area contributed by atoms with Gasteiger partial charge in [-0.2, -0.15) is 0 Å². The zero-order valence-electron chi connectivity index (χ0n) is 11.1. The van der Waals surface area contributed by atoms with Gasteiger partial charge in [-0.1, -0.05) is 12.2 Å². The largest absolute Gasteiger partial charge is 0.394 e. The van der Waals surface area contributed by atoms with Crippen LogP contribution in [0.1, 0.15) is 12.8 Å². The molecular formula is C13H22O7. The van der Waals surface area contributed by atoms with E-state index < -0.39 is 37.1 Å². The summed E-state index contributed by atoms with van der Waals surface area (Å²) in [7, 11) is 0. The van der Waals surface area contributed by atoms with Gasteiger partial charge in [0.05, 0.1) is 31.5 Å². The summed E-state index contributed by atoms with van der Waals surface area (Å²) in [6.45, 7) is -0.530. The molecule has 2 heterocycles. The van der Waals surface area contributed by atoms with Crippen LogP contribution in [-0.2, 0) is 9.47 Å². The lowest BCUT2D eigenvalue weighted by Crippen LogP contribution is -2.59. The Morgan fingerprint density at radius 2 is 1.60 bits per heavy atom. The predicted octanol–water partition coefficient (Wildman–Crippen LogP) is -2.08. The van der Waals surface area contributed by atoms with Crippen LogP contribution in [-0.4, -0.2) is 81.5 Å². The van der Waals surface area contributed by atoms with E-state index in [1.54, 1.807) is 0 Å². The van der Waals surface area contributed by atoms with E-state index in [9.17, 15) is 15.3 Å². The summed E-state index contributed by atoms with van der Waals surface area (Å²) in [5.41, 5.74) is 0. The molecule has 0 aromatic heterocycles. The van der Waals surface area contributed by atoms with Gasteiger partial charge in [0.1, 0.15) is 24.4 Å². The molecule has 2 unspecified atom stereocenters. The van der Waals surface area contributed by atoms with E-state index in [2.05, 4.69) is 0 Å². The first kappa shape index (κ1) is 15.8. The molecule has 0 spiro atoms. The van der Waals surface area contributed by atoms with Crippen LogP contribution in [0.3, 0.4) is 0 Å². The highest BCUT2D eigenvalue weighted by atomic mass is 16.5. The second-order valence-electron chi connectivity index (χ2n) is 5.25. The summed E-state index contributed by atoms with van der Waals surface area (Å²) in [4.78, 5) is 0. The fourth-order valence-electron chi connectivity index (χ4n) is 2.58. The highest BCUT2D eigenvalue weighted by molar-refractivity contribution is 5.00. The van der Waals surface area contributed by atoms with Crippen molar-refractivity contribution in [1.82, 2.24) is 0 Å². The lowest BCUT2D eigenvalue weighted by molar-refractivity contribution is -0.235. The van der Waals surface area contributed by atoms with E-state index in [-0.39, 0.29) is 25.2 Å². The first-order valence-electron chi connectivity index (χ1n) is 6.80. The molecule has 116 valence electrons. The molecule has 0 aromatic rings. The molecular weight excluding hydrogens is 268 g/mol. The van der Waals surface area contributed by atoms with Crippen molar-refractivity contribution in [3.8, 4) is 0 Å². The van der Waals surface area contributed by atoms with Crippen molar-refractivity contribution in [3.63, 3.8) is 0 Å². The maximum Gasteiger partial charge on any atom is 0.111 e. The lowest BCUT2D eigenvalue weighted by atomic mass is 9.91. The van der Waals surface area contributed by atoms with Crippen molar-refractivity contribution in [2.45, 2.75) is 55.6 Å². The molecule has 0 aliphatic carbocycles. The van der Waals surface area contributed by atoms with Crippen LogP contribution >= 0.6 is 0 Å². The van der Waals surface area contributed by atoms with Gasteiger partial charge in [0.25, 0.3) is 0 Å². The normalized spacial score (nSPS) is 45.5. The molecule has 1 fully saturated rings. The van der Waals surface area contributed by atoms with Crippen molar-refractivity contribution in [1.29, 1.82) is 0 Å². The van der Waals surface area contributed by atoms with Crippen LogP contribution in [0.15, 0.2) is 12.2 Å². The summed E-state index contributed by atoms with van der Waals surface area (Å²) < 4.78 is 11.0. The minimum absolute atomic E-state index is 0.0878. The Labute approximate surface area is 117 Å². The van der Waals surface area contributed by atoms with E-state index in [1.165, 1.54) is 0 Å². The highest BCUT2D eigenvalue weighted by Crippen LogP contribution is 2.26. The molecule has 2 rings (SSSR count). The van der Waals surface area contributed by atoms with Crippen molar-refractivity contribution >= 4 is 0 Å². The Balaban J connectivity index is 1.97. The Hall–Kier alpha value is -0.540. The molecule has 0 saturated carbocycles. The van der Waals surface area contributed by atoms with Crippen LogP contribution in [0.4, 0.5) is 0 Å². The average molecular weight is 290 g/mol. The second-order valence-corrected chi connectivity index (χ2v) is 5.25. The Morgan fingerprint density at radius 3 is 2.25 bits per heavy atom. The highest BCUT2D eigenvalue weighted by Gasteiger charge is 2.44. The minimum Gasteiger partial charge on any atom is -0.394 e. The fourth-order valence-corrected chi connectivity index (χ4v) is 2.58. The lowest BCUT2D eigenvalue weighted by Gasteiger charge is -2.41. The van der Waals surface area contributed by atoms with Crippen molar-refractivity contribution in [2.75, 3.05) is 13.2 Å². The van der Waals surface area contributed by atoms with Crippen molar-refractivity contribution in [3.05, 3.63) is 12.2 Å². The summed E-state index contributed by atoms with van der Waals surface area (Å²) in [6.07, 6.45) is -1.65. The maximum absolute atomic E-state index is 9.93. The summed E-state index contributed by atoms with van der Waals surface area (Å²) in [5, 5.41) is 47.5. The van der Waals surface area contributed by atoms with Crippen LogP contribution in [0.5, 0.6) is 0 Å². The van der Waals surface area contributed by atoms with Gasteiger partial charge in [-0.15, -0.1) is 0 Å². The number of ether oxygens (including phenoxy) is 2. The number of rotatable bonds is 4. The molecule has 0 aromatic carbocycles. The van der Waals surface area contributed by atoms with Gasteiger partial charge in [0, 0.05) is 6.42 Å². The molecule has 7 atom stereocenters. The number of hydrogen-bond acceptors (Lipinski definition) is 7. The zero-order valence-corrected chi connectivity index (χ0v) is 11.1. The van der Waals surface area contributed by atoms with E-state index in [1.807, 2.05) is 12.2 Å². The van der Waals surface area contributed by atoms with E-state index in [4.69, 9.17) is 19.7 Å². The van der Waals surface area contributed by atoms with E-state index in [0.29, 0.717) is 6.42 Å². The number of aliphatic hydroxyl groups excluding tert-OH is 5. The molecule has 0 radical (unpaired) electrons. The zero-order chi connectivity index (χ0) is 14.7. The summed E-state index contributed by atoms with van der Waals surface area (Å²) in [5.74, 6) is 0. The van der Waals surface area contributed by atoms with Crippen molar-refractivity contribution in [2.24, 2.45) is 0 Å². The predicted molar refractivity (Wildman–Crippen MR) is 67.9 cm³/mol. The third-order valence-corrected chi connectivity index (χ3v) is 3.78. The van der Waals surface area contributed by atoms with Gasteiger partial charge in [-0.3, -0.25) is 0 Å². The number of hydrogen-bond donors (Lipinski definition) is 5. The standard InChI is InChI=1S/C13H22O7/c14-5-8-3-1-2-7(19-8)4-9-11(16)13(18)12(17)10(6-15)20-9/h1-2,7-18H,3-6H2/t7?,8?,9-,10-,11+,12-,13-/m1/s1. The molecule has 2 aliphatic heterocycles.